The second kappa shape index (κ2) is 9.75. The molecule has 1 amide bonds. The Bertz CT molecular complexity index is 1060. The van der Waals surface area contributed by atoms with E-state index in [1.807, 2.05) is 54.6 Å². The highest BCUT2D eigenvalue weighted by Gasteiger charge is 2.30. The summed E-state index contributed by atoms with van der Waals surface area (Å²) in [6, 6.07) is 22.7. The standard InChI is InChI=1S/C26H26FN3O2/c1-19(31)20-7-13-24(14-8-20)29-15-17-30(18-16-29)25(21-5-3-2-4-6-21)26(32)28-23-11-9-22(27)10-12-23/h2-14,25H,15-18H2,1H3,(H,28,32)/t25-/m1/s1. The Labute approximate surface area is 187 Å². The minimum atomic E-state index is -0.441. The van der Waals surface area contributed by atoms with Crippen LogP contribution in [0.3, 0.4) is 0 Å². The number of ketones is 1. The Morgan fingerprint density at radius 2 is 1.47 bits per heavy atom. The zero-order valence-corrected chi connectivity index (χ0v) is 18.0. The molecular formula is C26H26FN3O2. The zero-order chi connectivity index (χ0) is 22.5. The van der Waals surface area contributed by atoms with Crippen LogP contribution in [0.25, 0.3) is 0 Å². The van der Waals surface area contributed by atoms with Gasteiger partial charge in [0.2, 0.25) is 5.91 Å². The maximum Gasteiger partial charge on any atom is 0.246 e. The van der Waals surface area contributed by atoms with Gasteiger partial charge in [0.25, 0.3) is 0 Å². The average Bonchev–Trinajstić information content (AvgIpc) is 2.82. The summed E-state index contributed by atoms with van der Waals surface area (Å²) in [7, 11) is 0. The summed E-state index contributed by atoms with van der Waals surface area (Å²) >= 11 is 0. The molecule has 3 aromatic carbocycles. The molecule has 1 fully saturated rings. The van der Waals surface area contributed by atoms with E-state index in [9.17, 15) is 14.0 Å². The number of amides is 1. The monoisotopic (exact) mass is 431 g/mol. The fourth-order valence-corrected chi connectivity index (χ4v) is 4.05. The fraction of sp³-hybridized carbons (Fsp3) is 0.231. The average molecular weight is 432 g/mol. The maximum atomic E-state index is 13.3. The molecule has 0 bridgehead atoms. The normalized spacial score (nSPS) is 15.2. The van der Waals surface area contributed by atoms with Crippen molar-refractivity contribution in [3.63, 3.8) is 0 Å². The van der Waals surface area contributed by atoms with Crippen LogP contribution in [0.15, 0.2) is 78.9 Å². The summed E-state index contributed by atoms with van der Waals surface area (Å²) in [6.07, 6.45) is 0. The maximum absolute atomic E-state index is 13.3. The molecule has 1 saturated heterocycles. The lowest BCUT2D eigenvalue weighted by Crippen LogP contribution is -2.50. The largest absolute Gasteiger partial charge is 0.369 e. The third kappa shape index (κ3) is 5.03. The van der Waals surface area contributed by atoms with Crippen LogP contribution in [0, 0.1) is 5.82 Å². The number of Topliss-reactive ketones (excluding diaryl/α,β-unsaturated/α-hetero) is 1. The number of carbonyl (C=O) groups excluding carboxylic acids is 2. The topological polar surface area (TPSA) is 52.7 Å². The van der Waals surface area contributed by atoms with Gasteiger partial charge in [-0.05, 0) is 61.0 Å². The molecule has 0 spiro atoms. The van der Waals surface area contributed by atoms with Crippen molar-refractivity contribution in [2.75, 3.05) is 36.4 Å². The van der Waals surface area contributed by atoms with Gasteiger partial charge in [0.05, 0.1) is 0 Å². The quantitative estimate of drug-likeness (QED) is 0.583. The van der Waals surface area contributed by atoms with Crippen LogP contribution in [0.4, 0.5) is 15.8 Å². The Hall–Kier alpha value is -3.51. The van der Waals surface area contributed by atoms with Gasteiger partial charge in [-0.15, -0.1) is 0 Å². The molecule has 1 aliphatic heterocycles. The van der Waals surface area contributed by atoms with Gasteiger partial charge in [0.15, 0.2) is 5.78 Å². The minimum Gasteiger partial charge on any atom is -0.369 e. The first kappa shape index (κ1) is 21.7. The molecule has 0 aromatic heterocycles. The SMILES string of the molecule is CC(=O)c1ccc(N2CCN([C@@H](C(=O)Nc3ccc(F)cc3)c3ccccc3)CC2)cc1. The Morgan fingerprint density at radius 1 is 0.844 bits per heavy atom. The van der Waals surface area contributed by atoms with E-state index in [1.54, 1.807) is 19.1 Å². The van der Waals surface area contributed by atoms with Gasteiger partial charge in [0, 0.05) is 43.1 Å². The minimum absolute atomic E-state index is 0.0549. The molecule has 3 aromatic rings. The van der Waals surface area contributed by atoms with Crippen molar-refractivity contribution in [1.82, 2.24) is 4.90 Å². The highest BCUT2D eigenvalue weighted by atomic mass is 19.1. The molecule has 4 rings (SSSR count). The molecule has 1 atom stereocenters. The summed E-state index contributed by atoms with van der Waals surface area (Å²) in [5.74, 6) is -0.420. The number of carbonyl (C=O) groups is 2. The van der Waals surface area contributed by atoms with Crippen molar-refractivity contribution >= 4 is 23.1 Å². The number of rotatable bonds is 6. The molecule has 0 radical (unpaired) electrons. The third-order valence-electron chi connectivity index (χ3n) is 5.79. The summed E-state index contributed by atoms with van der Waals surface area (Å²) in [5, 5.41) is 2.93. The first-order valence-corrected chi connectivity index (χ1v) is 10.7. The van der Waals surface area contributed by atoms with Crippen LogP contribution < -0.4 is 10.2 Å². The van der Waals surface area contributed by atoms with E-state index in [0.717, 1.165) is 24.3 Å². The molecule has 1 heterocycles. The van der Waals surface area contributed by atoms with Gasteiger partial charge in [-0.25, -0.2) is 4.39 Å². The molecule has 1 N–H and O–H groups in total. The van der Waals surface area contributed by atoms with Gasteiger partial charge >= 0.3 is 0 Å². The van der Waals surface area contributed by atoms with Crippen LogP contribution in [0.2, 0.25) is 0 Å². The molecule has 0 aliphatic carbocycles. The van der Waals surface area contributed by atoms with E-state index in [0.29, 0.717) is 24.3 Å². The molecule has 5 nitrogen and oxygen atoms in total. The van der Waals surface area contributed by atoms with E-state index < -0.39 is 6.04 Å². The number of hydrogen-bond acceptors (Lipinski definition) is 4. The fourth-order valence-electron chi connectivity index (χ4n) is 4.05. The highest BCUT2D eigenvalue weighted by Crippen LogP contribution is 2.26. The summed E-state index contributed by atoms with van der Waals surface area (Å²) < 4.78 is 13.2. The summed E-state index contributed by atoms with van der Waals surface area (Å²) in [5.41, 5.74) is 3.27. The van der Waals surface area contributed by atoms with Crippen LogP contribution in [0.5, 0.6) is 0 Å². The molecule has 0 unspecified atom stereocenters. The predicted octanol–water partition coefficient (Wildman–Crippen LogP) is 4.53. The van der Waals surface area contributed by atoms with Crippen molar-refractivity contribution < 1.29 is 14.0 Å². The second-order valence-corrected chi connectivity index (χ2v) is 7.94. The molecule has 32 heavy (non-hydrogen) atoms. The van der Waals surface area contributed by atoms with E-state index in [4.69, 9.17) is 0 Å². The number of piperazine rings is 1. The molecule has 0 saturated carbocycles. The Kier molecular flexibility index (Phi) is 6.61. The van der Waals surface area contributed by atoms with E-state index in [1.165, 1.54) is 12.1 Å². The van der Waals surface area contributed by atoms with Gasteiger partial charge in [0.1, 0.15) is 11.9 Å². The van der Waals surface area contributed by atoms with Gasteiger partial charge in [-0.1, -0.05) is 30.3 Å². The van der Waals surface area contributed by atoms with Crippen LogP contribution in [0.1, 0.15) is 28.9 Å². The first-order valence-electron chi connectivity index (χ1n) is 10.7. The van der Waals surface area contributed by atoms with Gasteiger partial charge in [-0.2, -0.15) is 0 Å². The van der Waals surface area contributed by atoms with Crippen molar-refractivity contribution in [1.29, 1.82) is 0 Å². The zero-order valence-electron chi connectivity index (χ0n) is 18.0. The number of halogens is 1. The molecule has 1 aliphatic rings. The Morgan fingerprint density at radius 3 is 2.06 bits per heavy atom. The molecular weight excluding hydrogens is 405 g/mol. The van der Waals surface area contributed by atoms with Crippen LogP contribution in [-0.2, 0) is 4.79 Å². The molecule has 6 heteroatoms. The lowest BCUT2D eigenvalue weighted by molar-refractivity contribution is -0.121. The summed E-state index contributed by atoms with van der Waals surface area (Å²) in [4.78, 5) is 29.2. The van der Waals surface area contributed by atoms with E-state index in [-0.39, 0.29) is 17.5 Å². The van der Waals surface area contributed by atoms with Crippen molar-refractivity contribution in [2.45, 2.75) is 13.0 Å². The number of nitrogens with zero attached hydrogens (tertiary/aromatic N) is 2. The number of benzene rings is 3. The number of anilines is 2. The Balaban J connectivity index is 1.48. The highest BCUT2D eigenvalue weighted by molar-refractivity contribution is 5.95. The van der Waals surface area contributed by atoms with Gasteiger partial charge in [-0.3, -0.25) is 14.5 Å². The lowest BCUT2D eigenvalue weighted by atomic mass is 10.0. The number of nitrogens with one attached hydrogen (secondary N) is 1. The predicted molar refractivity (Wildman–Crippen MR) is 124 cm³/mol. The van der Waals surface area contributed by atoms with E-state index in [2.05, 4.69) is 15.1 Å². The van der Waals surface area contributed by atoms with Crippen molar-refractivity contribution in [3.05, 3.63) is 95.8 Å². The smallest absolute Gasteiger partial charge is 0.246 e. The van der Waals surface area contributed by atoms with Crippen molar-refractivity contribution in [2.24, 2.45) is 0 Å². The van der Waals surface area contributed by atoms with E-state index >= 15 is 0 Å². The second-order valence-electron chi connectivity index (χ2n) is 7.94. The van der Waals surface area contributed by atoms with Gasteiger partial charge < -0.3 is 10.2 Å². The van der Waals surface area contributed by atoms with Crippen LogP contribution >= 0.6 is 0 Å². The number of hydrogen-bond donors (Lipinski definition) is 1. The third-order valence-corrected chi connectivity index (χ3v) is 5.79. The summed E-state index contributed by atoms with van der Waals surface area (Å²) in [6.45, 7) is 4.53. The first-order chi connectivity index (χ1) is 15.5. The van der Waals surface area contributed by atoms with Crippen molar-refractivity contribution in [3.8, 4) is 0 Å². The molecule has 164 valence electrons. The lowest BCUT2D eigenvalue weighted by Gasteiger charge is -2.39. The van der Waals surface area contributed by atoms with Crippen LogP contribution in [-0.4, -0.2) is 42.8 Å².